The molecule has 3 aliphatic rings. The van der Waals surface area contributed by atoms with E-state index in [4.69, 9.17) is 0 Å². The van der Waals surface area contributed by atoms with E-state index in [2.05, 4.69) is 12.6 Å². The average molecular weight is 255 g/mol. The molecule has 1 N–H and O–H groups in total. The van der Waals surface area contributed by atoms with Crippen molar-refractivity contribution >= 4 is 18.5 Å². The second kappa shape index (κ2) is 4.16. The van der Waals surface area contributed by atoms with E-state index in [-0.39, 0.29) is 17.4 Å². The fraction of sp³-hybridized carbons (Fsp3) is 0.923. The zero-order valence-corrected chi connectivity index (χ0v) is 11.0. The molecule has 0 aromatic heterocycles. The highest BCUT2D eigenvalue weighted by Crippen LogP contribution is 2.50. The van der Waals surface area contributed by atoms with Crippen molar-refractivity contribution in [2.24, 2.45) is 17.3 Å². The summed E-state index contributed by atoms with van der Waals surface area (Å²) in [5.41, 5.74) is 0.219. The Labute approximate surface area is 108 Å². The van der Waals surface area contributed by atoms with E-state index < -0.39 is 0 Å². The number of aliphatic hydroxyl groups is 1. The third-order valence-corrected chi connectivity index (χ3v) is 5.66. The molecule has 3 atom stereocenters. The summed E-state index contributed by atoms with van der Waals surface area (Å²) < 4.78 is 0. The maximum atomic E-state index is 12.2. The first-order chi connectivity index (χ1) is 8.13. The van der Waals surface area contributed by atoms with Gasteiger partial charge in [-0.15, -0.1) is 0 Å². The van der Waals surface area contributed by atoms with E-state index in [1.54, 1.807) is 0 Å². The number of hydrogen-bond acceptors (Lipinski definition) is 3. The molecule has 0 spiro atoms. The Hall–Kier alpha value is -0.220. The van der Waals surface area contributed by atoms with Crippen LogP contribution in [0.2, 0.25) is 0 Å². The lowest BCUT2D eigenvalue weighted by Crippen LogP contribution is -2.32. The highest BCUT2D eigenvalue weighted by molar-refractivity contribution is 7.80. The van der Waals surface area contributed by atoms with Crippen molar-refractivity contribution in [2.45, 2.75) is 38.2 Å². The first-order valence-electron chi connectivity index (χ1n) is 6.70. The third-order valence-electron chi connectivity index (χ3n) is 4.99. The number of thiol groups is 1. The van der Waals surface area contributed by atoms with E-state index in [9.17, 15) is 9.90 Å². The number of rotatable bonds is 3. The second-order valence-electron chi connectivity index (χ2n) is 6.20. The SMILES string of the molecule is O=C(CC1(CS)CC1)N1CC2CCC(O)C2C1. The van der Waals surface area contributed by atoms with Gasteiger partial charge in [-0.2, -0.15) is 12.6 Å². The van der Waals surface area contributed by atoms with Gasteiger partial charge in [0.25, 0.3) is 0 Å². The maximum Gasteiger partial charge on any atom is 0.223 e. The van der Waals surface area contributed by atoms with E-state index in [1.165, 1.54) is 0 Å². The number of hydrogen-bond donors (Lipinski definition) is 2. The number of likely N-dealkylation sites (tertiary alicyclic amines) is 1. The minimum absolute atomic E-state index is 0.169. The monoisotopic (exact) mass is 255 g/mol. The molecule has 0 aromatic rings. The topological polar surface area (TPSA) is 40.5 Å². The highest BCUT2D eigenvalue weighted by Gasteiger charge is 2.47. The molecule has 1 amide bonds. The van der Waals surface area contributed by atoms with Gasteiger partial charge in [0.2, 0.25) is 5.91 Å². The minimum Gasteiger partial charge on any atom is -0.393 e. The van der Waals surface area contributed by atoms with Gasteiger partial charge in [-0.25, -0.2) is 0 Å². The van der Waals surface area contributed by atoms with E-state index in [1.807, 2.05) is 4.90 Å². The van der Waals surface area contributed by atoms with Crippen molar-refractivity contribution < 1.29 is 9.90 Å². The maximum absolute atomic E-state index is 12.2. The molecule has 0 bridgehead atoms. The zero-order chi connectivity index (χ0) is 12.0. The largest absolute Gasteiger partial charge is 0.393 e. The fourth-order valence-corrected chi connectivity index (χ4v) is 3.87. The number of amides is 1. The molecular formula is C13H21NO2S. The predicted molar refractivity (Wildman–Crippen MR) is 68.9 cm³/mol. The normalized spacial score (nSPS) is 38.2. The Morgan fingerprint density at radius 3 is 2.71 bits per heavy atom. The van der Waals surface area contributed by atoms with Crippen molar-refractivity contribution in [1.82, 2.24) is 4.90 Å². The minimum atomic E-state index is -0.169. The van der Waals surface area contributed by atoms with Gasteiger partial charge < -0.3 is 10.0 Å². The van der Waals surface area contributed by atoms with Gasteiger partial charge in [0, 0.05) is 25.4 Å². The van der Waals surface area contributed by atoms with Gasteiger partial charge in [-0.3, -0.25) is 4.79 Å². The number of fused-ring (bicyclic) bond motifs is 1. The van der Waals surface area contributed by atoms with Crippen molar-refractivity contribution in [2.75, 3.05) is 18.8 Å². The van der Waals surface area contributed by atoms with Gasteiger partial charge in [0.05, 0.1) is 6.10 Å². The molecule has 1 aliphatic heterocycles. The van der Waals surface area contributed by atoms with Crippen molar-refractivity contribution in [1.29, 1.82) is 0 Å². The Morgan fingerprint density at radius 2 is 2.12 bits per heavy atom. The summed E-state index contributed by atoms with van der Waals surface area (Å²) in [6.45, 7) is 1.66. The molecule has 0 aromatic carbocycles. The second-order valence-corrected chi connectivity index (χ2v) is 6.52. The van der Waals surface area contributed by atoms with Crippen LogP contribution in [0.3, 0.4) is 0 Å². The van der Waals surface area contributed by atoms with Crippen LogP contribution < -0.4 is 0 Å². The van der Waals surface area contributed by atoms with Gasteiger partial charge in [0.1, 0.15) is 0 Å². The molecule has 17 heavy (non-hydrogen) atoms. The number of aliphatic hydroxyl groups excluding tert-OH is 1. The molecule has 3 fully saturated rings. The summed E-state index contributed by atoms with van der Waals surface area (Å²) in [4.78, 5) is 14.2. The van der Waals surface area contributed by atoms with Crippen LogP contribution in [0.15, 0.2) is 0 Å². The molecule has 3 rings (SSSR count). The van der Waals surface area contributed by atoms with Gasteiger partial charge in [-0.1, -0.05) is 0 Å². The van der Waals surface area contributed by atoms with Crippen LogP contribution >= 0.6 is 12.6 Å². The van der Waals surface area contributed by atoms with Crippen LogP contribution in [-0.4, -0.2) is 40.9 Å². The first-order valence-corrected chi connectivity index (χ1v) is 7.33. The van der Waals surface area contributed by atoms with E-state index in [0.29, 0.717) is 18.3 Å². The number of carbonyl (C=O) groups is 1. The zero-order valence-electron chi connectivity index (χ0n) is 10.1. The van der Waals surface area contributed by atoms with Crippen LogP contribution in [0.25, 0.3) is 0 Å². The molecule has 1 heterocycles. The van der Waals surface area contributed by atoms with Crippen LogP contribution in [0.1, 0.15) is 32.1 Å². The number of carbonyl (C=O) groups excluding carboxylic acids is 1. The Balaban J connectivity index is 1.58. The molecule has 96 valence electrons. The average Bonchev–Trinajstić information content (AvgIpc) is 2.82. The molecule has 0 radical (unpaired) electrons. The quantitative estimate of drug-likeness (QED) is 0.747. The summed E-state index contributed by atoms with van der Waals surface area (Å²) in [6, 6.07) is 0. The summed E-state index contributed by atoms with van der Waals surface area (Å²) >= 11 is 4.35. The number of nitrogens with zero attached hydrogens (tertiary/aromatic N) is 1. The van der Waals surface area contributed by atoms with Gasteiger partial charge in [-0.05, 0) is 42.8 Å². The van der Waals surface area contributed by atoms with E-state index >= 15 is 0 Å². The summed E-state index contributed by atoms with van der Waals surface area (Å²) in [7, 11) is 0. The molecule has 2 saturated carbocycles. The van der Waals surface area contributed by atoms with E-state index in [0.717, 1.165) is 44.5 Å². The van der Waals surface area contributed by atoms with Crippen LogP contribution in [0.5, 0.6) is 0 Å². The Morgan fingerprint density at radius 1 is 1.35 bits per heavy atom. The standard InChI is InChI=1S/C13H21NO2S/c15-11-2-1-9-6-14(7-10(9)11)12(16)5-13(8-17)3-4-13/h9-11,15,17H,1-8H2. The lowest BCUT2D eigenvalue weighted by Gasteiger charge is -2.21. The summed E-state index contributed by atoms with van der Waals surface area (Å²) in [5.74, 6) is 2.03. The first kappa shape index (κ1) is 11.8. The smallest absolute Gasteiger partial charge is 0.223 e. The van der Waals surface area contributed by atoms with Gasteiger partial charge >= 0.3 is 0 Å². The summed E-state index contributed by atoms with van der Waals surface area (Å²) in [5, 5.41) is 9.84. The summed E-state index contributed by atoms with van der Waals surface area (Å²) in [6.07, 6.45) is 4.84. The van der Waals surface area contributed by atoms with Crippen molar-refractivity contribution in [3.63, 3.8) is 0 Å². The lowest BCUT2D eigenvalue weighted by atomic mass is 10.00. The Kier molecular flexibility index (Phi) is 2.90. The van der Waals surface area contributed by atoms with Gasteiger partial charge in [0.15, 0.2) is 0 Å². The van der Waals surface area contributed by atoms with Crippen LogP contribution in [-0.2, 0) is 4.79 Å². The molecule has 4 heteroatoms. The highest BCUT2D eigenvalue weighted by atomic mass is 32.1. The Bertz CT molecular complexity index is 329. The lowest BCUT2D eigenvalue weighted by molar-refractivity contribution is -0.131. The van der Waals surface area contributed by atoms with Crippen molar-refractivity contribution in [3.8, 4) is 0 Å². The predicted octanol–water partition coefficient (Wildman–Crippen LogP) is 1.32. The fourth-order valence-electron chi connectivity index (χ4n) is 3.44. The molecule has 1 saturated heterocycles. The molecule has 2 aliphatic carbocycles. The van der Waals surface area contributed by atoms with Crippen molar-refractivity contribution in [3.05, 3.63) is 0 Å². The molecule has 3 unspecified atom stereocenters. The molecular weight excluding hydrogens is 234 g/mol. The molecule has 3 nitrogen and oxygen atoms in total. The van der Waals surface area contributed by atoms with Crippen LogP contribution in [0, 0.1) is 17.3 Å². The third kappa shape index (κ3) is 2.10. The van der Waals surface area contributed by atoms with Crippen LogP contribution in [0.4, 0.5) is 0 Å².